The number of hydrogen-bond acceptors (Lipinski definition) is 2. The van der Waals surface area contributed by atoms with Crippen molar-refractivity contribution in [3.05, 3.63) is 35.4 Å². The van der Waals surface area contributed by atoms with Crippen LogP contribution >= 0.6 is 0 Å². The van der Waals surface area contributed by atoms with Crippen molar-refractivity contribution >= 4 is 16.0 Å². The Morgan fingerprint density at radius 2 is 1.71 bits per heavy atom. The number of rotatable bonds is 4. The fraction of sp³-hybridized carbons (Fsp3) is 0.500. The summed E-state index contributed by atoms with van der Waals surface area (Å²) >= 11 is 0. The van der Waals surface area contributed by atoms with Gasteiger partial charge in [-0.25, -0.2) is 0 Å². The van der Waals surface area contributed by atoms with E-state index in [4.69, 9.17) is 4.43 Å². The highest BCUT2D eigenvalue weighted by Crippen LogP contribution is 2.30. The number of aldehydes is 1. The number of benzene rings is 1. The van der Waals surface area contributed by atoms with Gasteiger partial charge in [0.25, 0.3) is 0 Å². The summed E-state index contributed by atoms with van der Waals surface area (Å²) in [6.07, 6.45) is 0.902. The second-order valence-electron chi connectivity index (χ2n) is 6.06. The molecule has 0 aromatic heterocycles. The van der Waals surface area contributed by atoms with Gasteiger partial charge in [-0.05, 0) is 24.4 Å². The lowest BCUT2D eigenvalue weighted by atomic mass is 9.94. The zero-order valence-electron chi connectivity index (χ0n) is 11.4. The maximum Gasteiger partial charge on any atom is 0.168 e. The molecule has 0 N–H and O–H groups in total. The van der Waals surface area contributed by atoms with Crippen molar-refractivity contribution in [3.8, 4) is 0 Å². The fourth-order valence-electron chi connectivity index (χ4n) is 1.62. The molecule has 17 heavy (non-hydrogen) atoms. The average Bonchev–Trinajstić information content (AvgIpc) is 2.26. The summed E-state index contributed by atoms with van der Waals surface area (Å²) < 4.78 is 6.10. The third kappa shape index (κ3) is 4.09. The van der Waals surface area contributed by atoms with E-state index in [1.54, 1.807) is 0 Å². The molecule has 1 aromatic carbocycles. The second-order valence-corrected chi connectivity index (χ2v) is 8.76. The number of carbonyl (C=O) groups is 1. The molecule has 0 amide bonds. The summed E-state index contributed by atoms with van der Waals surface area (Å²) in [6.45, 7) is 10.7. The van der Waals surface area contributed by atoms with Gasteiger partial charge in [-0.15, -0.1) is 0 Å². The van der Waals surface area contributed by atoms with Crippen molar-refractivity contribution in [2.45, 2.75) is 45.3 Å². The summed E-state index contributed by atoms with van der Waals surface area (Å²) in [5.74, 6) is 0. The molecule has 0 atom stereocenters. The van der Waals surface area contributed by atoms with Crippen LogP contribution in [0.4, 0.5) is 0 Å². The van der Waals surface area contributed by atoms with Crippen molar-refractivity contribution in [1.29, 1.82) is 0 Å². The first-order valence-corrected chi connectivity index (χ1v) is 7.23. The Labute approximate surface area is 106 Å². The van der Waals surface area contributed by atoms with Crippen LogP contribution in [0, 0.1) is 0 Å². The smallest absolute Gasteiger partial charge is 0.168 e. The molecule has 0 saturated heterocycles. The van der Waals surface area contributed by atoms with Crippen LogP contribution in [0.25, 0.3) is 0 Å². The van der Waals surface area contributed by atoms with Gasteiger partial charge in [-0.3, -0.25) is 4.79 Å². The Morgan fingerprint density at radius 1 is 1.12 bits per heavy atom. The Hall–Kier alpha value is -0.933. The molecule has 0 aliphatic rings. The molecule has 0 aliphatic carbocycles. The van der Waals surface area contributed by atoms with Crippen molar-refractivity contribution in [3.63, 3.8) is 0 Å². The molecule has 0 fully saturated rings. The highest BCUT2D eigenvalue weighted by atomic mass is 28.2. The van der Waals surface area contributed by atoms with E-state index in [1.165, 1.54) is 0 Å². The van der Waals surface area contributed by atoms with Crippen LogP contribution in [0.3, 0.4) is 0 Å². The third-order valence-electron chi connectivity index (χ3n) is 2.60. The molecule has 0 heterocycles. The molecular formula is C14H22O2Si. The minimum absolute atomic E-state index is 0.257. The van der Waals surface area contributed by atoms with Gasteiger partial charge < -0.3 is 4.43 Å². The molecule has 0 radical (unpaired) electrons. The minimum Gasteiger partial charge on any atom is -0.415 e. The fourth-order valence-corrected chi connectivity index (χ4v) is 2.57. The molecule has 1 aromatic rings. The minimum atomic E-state index is -0.638. The van der Waals surface area contributed by atoms with Crippen LogP contribution in [-0.2, 0) is 10.0 Å². The van der Waals surface area contributed by atoms with E-state index in [-0.39, 0.29) is 10.6 Å². The second kappa shape index (κ2) is 5.15. The predicted molar refractivity (Wildman–Crippen MR) is 74.2 cm³/mol. The van der Waals surface area contributed by atoms with Crippen molar-refractivity contribution in [2.24, 2.45) is 0 Å². The average molecular weight is 250 g/mol. The first-order chi connectivity index (χ1) is 7.76. The predicted octanol–water partition coefficient (Wildman–Crippen LogP) is 3.05. The topological polar surface area (TPSA) is 26.3 Å². The molecule has 3 heteroatoms. The van der Waals surface area contributed by atoms with Crippen molar-refractivity contribution in [2.75, 3.05) is 0 Å². The van der Waals surface area contributed by atoms with E-state index in [9.17, 15) is 4.79 Å². The normalized spacial score (nSPS) is 13.2. The number of carbonyl (C=O) groups excluding carboxylic acids is 1. The Bertz CT molecular complexity index is 391. The van der Waals surface area contributed by atoms with Crippen LogP contribution in [0.1, 0.15) is 50.5 Å². The molecule has 0 spiro atoms. The van der Waals surface area contributed by atoms with E-state index in [2.05, 4.69) is 20.8 Å². The monoisotopic (exact) mass is 250 g/mol. The Balaban J connectivity index is 2.92. The van der Waals surface area contributed by atoms with Crippen LogP contribution in [0.15, 0.2) is 24.3 Å². The molecule has 94 valence electrons. The van der Waals surface area contributed by atoms with Gasteiger partial charge in [0, 0.05) is 5.56 Å². The van der Waals surface area contributed by atoms with Crippen LogP contribution < -0.4 is 0 Å². The van der Waals surface area contributed by atoms with Crippen molar-refractivity contribution < 1.29 is 9.22 Å². The molecule has 2 nitrogen and oxygen atoms in total. The van der Waals surface area contributed by atoms with Gasteiger partial charge in [0.1, 0.15) is 6.29 Å². The summed E-state index contributed by atoms with van der Waals surface area (Å²) in [7, 11) is -0.638. The van der Waals surface area contributed by atoms with Gasteiger partial charge in [-0.2, -0.15) is 0 Å². The van der Waals surface area contributed by atoms with Crippen LogP contribution in [0.5, 0.6) is 0 Å². The molecule has 0 bridgehead atoms. The van der Waals surface area contributed by atoms with Crippen molar-refractivity contribution in [1.82, 2.24) is 0 Å². The Kier molecular flexibility index (Phi) is 4.28. The van der Waals surface area contributed by atoms with E-state index >= 15 is 0 Å². The maximum atomic E-state index is 11.0. The lowest BCUT2D eigenvalue weighted by Crippen LogP contribution is -2.28. The molecule has 0 unspecified atom stereocenters. The number of hydrogen-bond donors (Lipinski definition) is 0. The summed E-state index contributed by atoms with van der Waals surface area (Å²) in [5.41, 5.74) is 1.32. The standard InChI is InChI=1S/C14H22O2Si/c1-13(2,3)17-16-14(4,5)12-9-7-6-8-11(12)10-15/h6-10H,17H2,1-5H3. The summed E-state index contributed by atoms with van der Waals surface area (Å²) in [4.78, 5) is 11.0. The highest BCUT2D eigenvalue weighted by molar-refractivity contribution is 6.31. The van der Waals surface area contributed by atoms with E-state index in [1.807, 2.05) is 38.1 Å². The van der Waals surface area contributed by atoms with Crippen LogP contribution in [-0.4, -0.2) is 16.0 Å². The highest BCUT2D eigenvalue weighted by Gasteiger charge is 2.26. The van der Waals surface area contributed by atoms with Gasteiger partial charge in [0.15, 0.2) is 9.76 Å². The molecule has 0 aliphatic heterocycles. The zero-order chi connectivity index (χ0) is 13.1. The zero-order valence-corrected chi connectivity index (χ0v) is 12.8. The van der Waals surface area contributed by atoms with E-state index in [0.29, 0.717) is 0 Å². The van der Waals surface area contributed by atoms with Crippen LogP contribution in [0.2, 0.25) is 5.04 Å². The summed E-state index contributed by atoms with van der Waals surface area (Å²) in [6, 6.07) is 7.64. The van der Waals surface area contributed by atoms with Gasteiger partial charge in [0.2, 0.25) is 0 Å². The van der Waals surface area contributed by atoms with Gasteiger partial charge in [0.05, 0.1) is 5.60 Å². The molecule has 1 rings (SSSR count). The molecular weight excluding hydrogens is 228 g/mol. The Morgan fingerprint density at radius 3 is 2.24 bits per heavy atom. The maximum absolute atomic E-state index is 11.0. The first-order valence-electron chi connectivity index (χ1n) is 5.95. The first kappa shape index (κ1) is 14.1. The van der Waals surface area contributed by atoms with E-state index < -0.39 is 9.76 Å². The lowest BCUT2D eigenvalue weighted by Gasteiger charge is -2.31. The van der Waals surface area contributed by atoms with Gasteiger partial charge in [-0.1, -0.05) is 45.0 Å². The van der Waals surface area contributed by atoms with E-state index in [0.717, 1.165) is 17.4 Å². The quantitative estimate of drug-likeness (QED) is 0.606. The SMILES string of the molecule is CC(C)(C)[SiH2]OC(C)(C)c1ccccc1C=O. The van der Waals surface area contributed by atoms with Gasteiger partial charge >= 0.3 is 0 Å². The lowest BCUT2D eigenvalue weighted by molar-refractivity contribution is 0.103. The largest absolute Gasteiger partial charge is 0.415 e. The third-order valence-corrected chi connectivity index (χ3v) is 4.33. The summed E-state index contributed by atoms with van der Waals surface area (Å²) in [5, 5.41) is 0.257. The molecule has 0 saturated carbocycles.